The highest BCUT2D eigenvalue weighted by Crippen LogP contribution is 2.26. The summed E-state index contributed by atoms with van der Waals surface area (Å²) in [5.74, 6) is -3.98. The van der Waals surface area contributed by atoms with Gasteiger partial charge < -0.3 is 10.4 Å². The molecule has 3 atom stereocenters. The molecule has 0 radical (unpaired) electrons. The van der Waals surface area contributed by atoms with Crippen molar-refractivity contribution in [2.75, 3.05) is 19.7 Å². The highest BCUT2D eigenvalue weighted by molar-refractivity contribution is 5.23. The zero-order chi connectivity index (χ0) is 18.7. The average Bonchev–Trinajstić information content (AvgIpc) is 3.12. The molecular weight excluding hydrogens is 341 g/mol. The summed E-state index contributed by atoms with van der Waals surface area (Å²) < 4.78 is 40.1. The number of aliphatic hydroxyl groups is 1. The molecule has 140 valence electrons. The van der Waals surface area contributed by atoms with Crippen LogP contribution in [0.15, 0.2) is 42.5 Å². The van der Waals surface area contributed by atoms with Crippen LogP contribution in [0, 0.1) is 17.5 Å². The lowest BCUT2D eigenvalue weighted by molar-refractivity contribution is 0.221. The Bertz CT molecular complexity index is 718. The fourth-order valence-electron chi connectivity index (χ4n) is 3.53. The molecule has 0 aliphatic carbocycles. The molecule has 2 aromatic rings. The van der Waals surface area contributed by atoms with Crippen LogP contribution in [-0.4, -0.2) is 35.7 Å². The fourth-order valence-corrected chi connectivity index (χ4v) is 3.53. The second kappa shape index (κ2) is 8.20. The van der Waals surface area contributed by atoms with Crippen molar-refractivity contribution in [1.82, 2.24) is 10.2 Å². The second-order valence-corrected chi connectivity index (χ2v) is 6.77. The predicted octanol–water partition coefficient (Wildman–Crippen LogP) is 3.56. The molecule has 2 aromatic carbocycles. The topological polar surface area (TPSA) is 35.5 Å². The third-order valence-electron chi connectivity index (χ3n) is 5.08. The van der Waals surface area contributed by atoms with E-state index in [9.17, 15) is 18.3 Å². The van der Waals surface area contributed by atoms with Gasteiger partial charge in [-0.3, -0.25) is 4.90 Å². The monoisotopic (exact) mass is 364 g/mol. The van der Waals surface area contributed by atoms with Gasteiger partial charge >= 0.3 is 0 Å². The van der Waals surface area contributed by atoms with Crippen molar-refractivity contribution in [3.05, 3.63) is 71.0 Å². The van der Waals surface area contributed by atoms with Crippen LogP contribution in [0.2, 0.25) is 0 Å². The zero-order valence-electron chi connectivity index (χ0n) is 14.6. The van der Waals surface area contributed by atoms with Crippen LogP contribution in [0.5, 0.6) is 0 Å². The summed E-state index contributed by atoms with van der Waals surface area (Å²) in [6, 6.07) is 11.8. The van der Waals surface area contributed by atoms with Crippen LogP contribution in [0.1, 0.15) is 36.6 Å². The minimum atomic E-state index is -1.49. The SMILES string of the molecule is CC(c1ccccc1)N1CCC(NC(CO)c2cc(F)c(F)c(F)c2)C1. The first-order chi connectivity index (χ1) is 12.5. The second-order valence-electron chi connectivity index (χ2n) is 6.77. The average molecular weight is 364 g/mol. The first kappa shape index (κ1) is 18.9. The summed E-state index contributed by atoms with van der Waals surface area (Å²) in [7, 11) is 0. The Kier molecular flexibility index (Phi) is 5.96. The molecule has 1 fully saturated rings. The van der Waals surface area contributed by atoms with E-state index in [1.807, 2.05) is 18.2 Å². The van der Waals surface area contributed by atoms with Crippen molar-refractivity contribution >= 4 is 0 Å². The van der Waals surface area contributed by atoms with Crippen LogP contribution in [0.4, 0.5) is 13.2 Å². The van der Waals surface area contributed by atoms with Crippen molar-refractivity contribution in [1.29, 1.82) is 0 Å². The van der Waals surface area contributed by atoms with Crippen LogP contribution in [0.3, 0.4) is 0 Å². The van der Waals surface area contributed by atoms with Gasteiger partial charge in [0.25, 0.3) is 0 Å². The van der Waals surface area contributed by atoms with E-state index in [2.05, 4.69) is 29.3 Å². The summed E-state index contributed by atoms with van der Waals surface area (Å²) in [4.78, 5) is 2.33. The number of nitrogens with one attached hydrogen (secondary N) is 1. The lowest BCUT2D eigenvalue weighted by Crippen LogP contribution is -2.37. The predicted molar refractivity (Wildman–Crippen MR) is 94.1 cm³/mol. The first-order valence-electron chi connectivity index (χ1n) is 8.80. The van der Waals surface area contributed by atoms with Gasteiger partial charge in [-0.1, -0.05) is 30.3 Å². The van der Waals surface area contributed by atoms with E-state index >= 15 is 0 Å². The number of nitrogens with zero attached hydrogens (tertiary/aromatic N) is 1. The molecule has 1 aliphatic heterocycles. The molecule has 0 amide bonds. The van der Waals surface area contributed by atoms with E-state index in [0.29, 0.717) is 0 Å². The smallest absolute Gasteiger partial charge is 0.194 e. The molecular formula is C20H23F3N2O. The van der Waals surface area contributed by atoms with Gasteiger partial charge in [-0.15, -0.1) is 0 Å². The molecule has 2 N–H and O–H groups in total. The Morgan fingerprint density at radius 3 is 2.38 bits per heavy atom. The molecule has 1 aliphatic rings. The molecule has 3 unspecified atom stereocenters. The number of hydrogen-bond donors (Lipinski definition) is 2. The van der Waals surface area contributed by atoms with Crippen molar-refractivity contribution in [2.45, 2.75) is 31.5 Å². The Morgan fingerprint density at radius 2 is 1.77 bits per heavy atom. The van der Waals surface area contributed by atoms with E-state index in [1.165, 1.54) is 5.56 Å². The summed E-state index contributed by atoms with van der Waals surface area (Å²) in [6.07, 6.45) is 0.861. The van der Waals surface area contributed by atoms with Gasteiger partial charge in [-0.2, -0.15) is 0 Å². The van der Waals surface area contributed by atoms with E-state index in [4.69, 9.17) is 0 Å². The molecule has 6 heteroatoms. The van der Waals surface area contributed by atoms with E-state index in [1.54, 1.807) is 0 Å². The van der Waals surface area contributed by atoms with Crippen LogP contribution >= 0.6 is 0 Å². The maximum atomic E-state index is 13.5. The first-order valence-corrected chi connectivity index (χ1v) is 8.80. The third-order valence-corrected chi connectivity index (χ3v) is 5.08. The van der Waals surface area contributed by atoms with Gasteiger partial charge in [-0.25, -0.2) is 13.2 Å². The fraction of sp³-hybridized carbons (Fsp3) is 0.400. The van der Waals surface area contributed by atoms with Crippen molar-refractivity contribution in [2.24, 2.45) is 0 Å². The summed E-state index contributed by atoms with van der Waals surface area (Å²) in [6.45, 7) is 3.47. The minimum absolute atomic E-state index is 0.0782. The summed E-state index contributed by atoms with van der Waals surface area (Å²) in [5.41, 5.74) is 1.44. The van der Waals surface area contributed by atoms with Crippen LogP contribution < -0.4 is 5.32 Å². The molecule has 0 spiro atoms. The number of benzene rings is 2. The molecule has 1 saturated heterocycles. The summed E-state index contributed by atoms with van der Waals surface area (Å²) >= 11 is 0. The summed E-state index contributed by atoms with van der Waals surface area (Å²) in [5, 5.41) is 12.9. The van der Waals surface area contributed by atoms with Crippen molar-refractivity contribution in [3.8, 4) is 0 Å². The Hall–Kier alpha value is -1.89. The van der Waals surface area contributed by atoms with Crippen LogP contribution in [-0.2, 0) is 0 Å². The number of hydrogen-bond acceptors (Lipinski definition) is 3. The van der Waals surface area contributed by atoms with E-state index in [0.717, 1.165) is 31.6 Å². The highest BCUT2D eigenvalue weighted by Gasteiger charge is 2.29. The zero-order valence-corrected chi connectivity index (χ0v) is 14.6. The standard InChI is InChI=1S/C20H23F3N2O/c1-13(14-5-3-2-4-6-14)25-8-7-16(11-25)24-19(12-26)15-9-17(21)20(23)18(22)10-15/h2-6,9-10,13,16,19,24,26H,7-8,11-12H2,1H3. The lowest BCUT2D eigenvalue weighted by atomic mass is 10.1. The highest BCUT2D eigenvalue weighted by atomic mass is 19.2. The molecule has 26 heavy (non-hydrogen) atoms. The molecule has 3 nitrogen and oxygen atoms in total. The maximum Gasteiger partial charge on any atom is 0.194 e. The molecule has 0 aromatic heterocycles. The van der Waals surface area contributed by atoms with Crippen molar-refractivity contribution in [3.63, 3.8) is 0 Å². The quantitative estimate of drug-likeness (QED) is 0.770. The van der Waals surface area contributed by atoms with Crippen LogP contribution in [0.25, 0.3) is 0 Å². The number of aliphatic hydroxyl groups excluding tert-OH is 1. The minimum Gasteiger partial charge on any atom is -0.394 e. The molecule has 0 bridgehead atoms. The molecule has 0 saturated carbocycles. The van der Waals surface area contributed by atoms with Crippen molar-refractivity contribution < 1.29 is 18.3 Å². The number of likely N-dealkylation sites (tertiary alicyclic amines) is 1. The third kappa shape index (κ3) is 4.09. The van der Waals surface area contributed by atoms with Gasteiger partial charge in [0.15, 0.2) is 17.5 Å². The number of rotatable bonds is 6. The lowest BCUT2D eigenvalue weighted by Gasteiger charge is -2.26. The Labute approximate surface area is 151 Å². The van der Waals surface area contributed by atoms with E-state index in [-0.39, 0.29) is 24.3 Å². The van der Waals surface area contributed by atoms with E-state index < -0.39 is 23.5 Å². The van der Waals surface area contributed by atoms with Gasteiger partial charge in [0.2, 0.25) is 0 Å². The normalized spacial score (nSPS) is 20.3. The molecule has 3 rings (SSSR count). The van der Waals surface area contributed by atoms with Gasteiger partial charge in [0.1, 0.15) is 0 Å². The molecule has 1 heterocycles. The number of halogens is 3. The largest absolute Gasteiger partial charge is 0.394 e. The van der Waals surface area contributed by atoms with Gasteiger partial charge in [-0.05, 0) is 36.6 Å². The van der Waals surface area contributed by atoms with Gasteiger partial charge in [0.05, 0.1) is 12.6 Å². The Balaban J connectivity index is 1.65. The maximum absolute atomic E-state index is 13.5. The Morgan fingerprint density at radius 1 is 1.12 bits per heavy atom. The van der Waals surface area contributed by atoms with Gasteiger partial charge in [0, 0.05) is 25.2 Å².